The molecule has 2 aromatic heterocycles. The molecule has 3 fully saturated rings. The van der Waals surface area contributed by atoms with Crippen molar-refractivity contribution in [1.82, 2.24) is 25.0 Å². The average molecular weight is 616 g/mol. The molecule has 0 aliphatic heterocycles. The van der Waals surface area contributed by atoms with E-state index in [4.69, 9.17) is 17.2 Å². The van der Waals surface area contributed by atoms with Gasteiger partial charge in [-0.05, 0) is 74.6 Å². The van der Waals surface area contributed by atoms with Crippen LogP contribution in [-0.4, -0.2) is 43.3 Å². The number of carbonyl (C=O) groups excluding carboxylic acids is 2. The Morgan fingerprint density at radius 3 is 2.31 bits per heavy atom. The molecule has 45 heavy (non-hydrogen) atoms. The van der Waals surface area contributed by atoms with E-state index in [-0.39, 0.29) is 58.2 Å². The molecule has 2 bridgehead atoms. The molecule has 2 heterocycles. The van der Waals surface area contributed by atoms with Crippen LogP contribution < -0.4 is 44.0 Å². The first kappa shape index (κ1) is 29.6. The number of carboxylic acid groups (broad SMARTS) is 1. The molecule has 0 spiro atoms. The molecule has 7 rings (SSSR count). The Labute approximate surface area is 255 Å². The second-order valence-electron chi connectivity index (χ2n) is 12.1. The molecule has 1 atom stereocenters. The first-order chi connectivity index (χ1) is 21.3. The Morgan fingerprint density at radius 1 is 0.978 bits per heavy atom. The summed E-state index contributed by atoms with van der Waals surface area (Å²) in [6.45, 7) is 1.99. The number of carboxylic acids is 1. The van der Waals surface area contributed by atoms with Crippen LogP contribution in [-0.2, 0) is 11.3 Å². The fraction of sp³-hybridized carbons (Fsp3) is 0.367. The van der Waals surface area contributed by atoms with Gasteiger partial charge in [0.25, 0.3) is 22.7 Å². The average Bonchev–Trinajstić information content (AvgIpc) is 3.34. The van der Waals surface area contributed by atoms with Gasteiger partial charge in [-0.3, -0.25) is 28.4 Å². The highest BCUT2D eigenvalue weighted by Gasteiger charge is 2.54. The third kappa shape index (κ3) is 4.89. The lowest BCUT2D eigenvalue weighted by Gasteiger charge is -2.54. The topological polar surface area (TPSA) is 250 Å². The summed E-state index contributed by atoms with van der Waals surface area (Å²) in [5.41, 5.74) is 16.4. The second-order valence-corrected chi connectivity index (χ2v) is 12.1. The van der Waals surface area contributed by atoms with Crippen LogP contribution in [0.5, 0.6) is 0 Å². The van der Waals surface area contributed by atoms with E-state index in [1.807, 2.05) is 6.92 Å². The summed E-state index contributed by atoms with van der Waals surface area (Å²) < 4.78 is 1.30. The molecular weight excluding hydrogens is 582 g/mol. The molecule has 3 aliphatic carbocycles. The minimum absolute atomic E-state index is 0.0245. The third-order valence-corrected chi connectivity index (χ3v) is 9.73. The molecule has 10 N–H and O–H groups in total. The number of nitrogens with zero attached hydrogens (tertiary/aromatic N) is 3. The predicted molar refractivity (Wildman–Crippen MR) is 166 cm³/mol. The standard InChI is InChI=1S/C30H33N9O6/c1-14(29-5-8-30(9-6-29,10-7-29)27(44)45)35-26(43)18-12-17(37-24-23(32)38-28(33)39(18)24)25(42)34-13-15-3-2-4-16(11-15)36-20-19(31)21(40)22(20)41/h2-4,11-12,14,36H,5-10,13,31-32H2,1H3,(H2,33,38)(H,34,42)(H,35,43)(H,44,45). The zero-order valence-electron chi connectivity index (χ0n) is 24.5. The largest absolute Gasteiger partial charge is 0.481 e. The number of nitrogen functional groups attached to an aromatic ring is 3. The highest BCUT2D eigenvalue weighted by atomic mass is 16.4. The van der Waals surface area contributed by atoms with Crippen molar-refractivity contribution in [2.24, 2.45) is 10.8 Å². The van der Waals surface area contributed by atoms with E-state index in [1.54, 1.807) is 24.3 Å². The van der Waals surface area contributed by atoms with Crippen molar-refractivity contribution in [1.29, 1.82) is 0 Å². The van der Waals surface area contributed by atoms with Gasteiger partial charge in [-0.2, -0.15) is 4.98 Å². The molecule has 15 nitrogen and oxygen atoms in total. The van der Waals surface area contributed by atoms with Gasteiger partial charge < -0.3 is 38.3 Å². The molecule has 2 aromatic carbocycles. The number of aliphatic carboxylic acids is 1. The Morgan fingerprint density at radius 2 is 1.67 bits per heavy atom. The van der Waals surface area contributed by atoms with Crippen molar-refractivity contribution in [2.75, 3.05) is 22.5 Å². The van der Waals surface area contributed by atoms with Crippen LogP contribution in [0.3, 0.4) is 0 Å². The highest BCUT2D eigenvalue weighted by Crippen LogP contribution is 2.58. The second kappa shape index (κ2) is 10.6. The lowest BCUT2D eigenvalue weighted by molar-refractivity contribution is -0.159. The zero-order valence-corrected chi connectivity index (χ0v) is 24.5. The maximum absolute atomic E-state index is 13.7. The molecule has 4 aromatic rings. The lowest BCUT2D eigenvalue weighted by atomic mass is 9.52. The smallest absolute Gasteiger partial charge is 0.309 e. The fourth-order valence-corrected chi connectivity index (χ4v) is 6.73. The van der Waals surface area contributed by atoms with Crippen LogP contribution in [0.1, 0.15) is 72.0 Å². The Kier molecular flexibility index (Phi) is 6.98. The number of anilines is 5. The molecule has 3 aliphatic rings. The van der Waals surface area contributed by atoms with E-state index in [1.165, 1.54) is 10.5 Å². The van der Waals surface area contributed by atoms with Gasteiger partial charge in [-0.15, -0.1) is 0 Å². The van der Waals surface area contributed by atoms with E-state index in [9.17, 15) is 29.1 Å². The molecule has 3 saturated carbocycles. The van der Waals surface area contributed by atoms with Crippen molar-refractivity contribution in [3.8, 4) is 0 Å². The number of amides is 2. The van der Waals surface area contributed by atoms with Gasteiger partial charge in [-0.25, -0.2) is 4.98 Å². The Bertz CT molecular complexity index is 1930. The van der Waals surface area contributed by atoms with Crippen molar-refractivity contribution in [2.45, 2.75) is 58.0 Å². The van der Waals surface area contributed by atoms with E-state index < -0.39 is 34.1 Å². The number of rotatable bonds is 9. The molecular formula is C30H33N9O6. The Balaban J connectivity index is 1.20. The maximum Gasteiger partial charge on any atom is 0.309 e. The number of hydrogen-bond donors (Lipinski definition) is 7. The van der Waals surface area contributed by atoms with Gasteiger partial charge in [0.15, 0.2) is 11.5 Å². The lowest BCUT2D eigenvalue weighted by Crippen LogP contribution is -2.54. The quantitative estimate of drug-likeness (QED) is 0.132. The first-order valence-electron chi connectivity index (χ1n) is 14.6. The van der Waals surface area contributed by atoms with E-state index in [0.29, 0.717) is 49.8 Å². The molecule has 0 radical (unpaired) electrons. The first-order valence-corrected chi connectivity index (χ1v) is 14.6. The van der Waals surface area contributed by atoms with Gasteiger partial charge in [0.1, 0.15) is 22.8 Å². The zero-order chi connectivity index (χ0) is 32.3. The highest BCUT2D eigenvalue weighted by molar-refractivity contribution is 5.99. The van der Waals surface area contributed by atoms with Crippen molar-refractivity contribution >= 4 is 52.3 Å². The summed E-state index contributed by atoms with van der Waals surface area (Å²) in [5, 5.41) is 18.4. The van der Waals surface area contributed by atoms with Gasteiger partial charge in [0.2, 0.25) is 5.95 Å². The van der Waals surface area contributed by atoms with Crippen LogP contribution in [0.2, 0.25) is 0 Å². The Hall–Kier alpha value is -5.47. The number of nitrogens with two attached hydrogens (primary N) is 3. The number of hydrogen-bond acceptors (Lipinski definition) is 11. The number of benzene rings is 1. The molecule has 1 unspecified atom stereocenters. The molecule has 0 saturated heterocycles. The number of fused-ring (bicyclic) bond motifs is 4. The predicted octanol–water partition coefficient (Wildman–Crippen LogP) is 1.29. The normalized spacial score (nSPS) is 21.4. The monoisotopic (exact) mass is 615 g/mol. The number of imidazole rings is 1. The molecule has 2 amide bonds. The van der Waals surface area contributed by atoms with Gasteiger partial charge >= 0.3 is 5.97 Å². The van der Waals surface area contributed by atoms with Crippen LogP contribution in [0, 0.1) is 10.8 Å². The fourth-order valence-electron chi connectivity index (χ4n) is 6.73. The van der Waals surface area contributed by atoms with E-state index in [2.05, 4.69) is 25.9 Å². The number of aromatic nitrogens is 3. The van der Waals surface area contributed by atoms with E-state index in [0.717, 1.165) is 0 Å². The maximum atomic E-state index is 13.7. The van der Waals surface area contributed by atoms with Crippen LogP contribution in [0.4, 0.5) is 28.8 Å². The summed E-state index contributed by atoms with van der Waals surface area (Å²) in [6, 6.07) is 7.86. The van der Waals surface area contributed by atoms with Crippen LogP contribution >= 0.6 is 0 Å². The minimum atomic E-state index is -0.749. The van der Waals surface area contributed by atoms with Crippen molar-refractivity contribution in [3.05, 3.63) is 67.7 Å². The minimum Gasteiger partial charge on any atom is -0.481 e. The van der Waals surface area contributed by atoms with Gasteiger partial charge in [-0.1, -0.05) is 12.1 Å². The summed E-state index contributed by atoms with van der Waals surface area (Å²) in [6.07, 6.45) is 3.78. The summed E-state index contributed by atoms with van der Waals surface area (Å²) in [7, 11) is 0. The van der Waals surface area contributed by atoms with Crippen LogP contribution in [0.25, 0.3) is 5.65 Å². The SMILES string of the molecule is CC(NC(=O)c1cc(C(=O)NCc2cccc(Nc3c(N)c(=O)c3=O)c2)nc2c(N)nc(N)n12)C12CCC(C(=O)O)(CC1)CC2. The summed E-state index contributed by atoms with van der Waals surface area (Å²) in [4.78, 5) is 70.4. The van der Waals surface area contributed by atoms with Crippen molar-refractivity contribution in [3.63, 3.8) is 0 Å². The summed E-state index contributed by atoms with van der Waals surface area (Å²) in [5.74, 6) is -1.96. The number of carbonyl (C=O) groups is 3. The van der Waals surface area contributed by atoms with Crippen molar-refractivity contribution < 1.29 is 19.5 Å². The third-order valence-electron chi connectivity index (χ3n) is 9.73. The molecule has 15 heteroatoms. The van der Waals surface area contributed by atoms with Gasteiger partial charge in [0, 0.05) is 18.3 Å². The van der Waals surface area contributed by atoms with Gasteiger partial charge in [0.05, 0.1) is 5.41 Å². The van der Waals surface area contributed by atoms with Crippen LogP contribution in [0.15, 0.2) is 39.9 Å². The number of nitrogens with one attached hydrogen (secondary N) is 3. The molecule has 234 valence electrons. The van der Waals surface area contributed by atoms with E-state index >= 15 is 0 Å². The summed E-state index contributed by atoms with van der Waals surface area (Å²) >= 11 is 0.